The van der Waals surface area contributed by atoms with Gasteiger partial charge in [0.25, 0.3) is 0 Å². The zero-order chi connectivity index (χ0) is 13.4. The molecule has 1 aromatic rings. The molecule has 0 bridgehead atoms. The molecule has 0 saturated heterocycles. The molecule has 0 aliphatic rings. The summed E-state index contributed by atoms with van der Waals surface area (Å²) < 4.78 is 13.9. The first-order chi connectivity index (χ1) is 8.67. The topological polar surface area (TPSA) is 12.0 Å². The van der Waals surface area contributed by atoms with Gasteiger partial charge in [0.15, 0.2) is 0 Å². The maximum atomic E-state index is 13.0. The number of rotatable bonds is 8. The van der Waals surface area contributed by atoms with E-state index in [1.54, 1.807) is 6.07 Å². The van der Waals surface area contributed by atoms with Crippen LogP contribution < -0.4 is 5.32 Å². The Morgan fingerprint density at radius 2 is 2.06 bits per heavy atom. The SMILES string of the molecule is CCCCCCC(Cc1ccc(F)cc1Br)NC. The fourth-order valence-corrected chi connectivity index (χ4v) is 2.63. The monoisotopic (exact) mass is 315 g/mol. The van der Waals surface area contributed by atoms with Gasteiger partial charge in [0.1, 0.15) is 5.82 Å². The molecule has 3 heteroatoms. The highest BCUT2D eigenvalue weighted by molar-refractivity contribution is 9.10. The van der Waals surface area contributed by atoms with Crippen LogP contribution in [0.3, 0.4) is 0 Å². The third-order valence-corrected chi connectivity index (χ3v) is 4.03. The minimum absolute atomic E-state index is 0.186. The van der Waals surface area contributed by atoms with Crippen LogP contribution in [0.1, 0.15) is 44.6 Å². The van der Waals surface area contributed by atoms with Gasteiger partial charge in [-0.05, 0) is 37.6 Å². The molecule has 1 atom stereocenters. The predicted octanol–water partition coefficient (Wildman–Crippen LogP) is 4.69. The number of halogens is 2. The van der Waals surface area contributed by atoms with Gasteiger partial charge in [-0.1, -0.05) is 54.6 Å². The zero-order valence-corrected chi connectivity index (χ0v) is 12.9. The van der Waals surface area contributed by atoms with E-state index in [9.17, 15) is 4.39 Å². The molecule has 1 rings (SSSR count). The highest BCUT2D eigenvalue weighted by Crippen LogP contribution is 2.20. The molecule has 18 heavy (non-hydrogen) atoms. The van der Waals surface area contributed by atoms with Crippen molar-refractivity contribution in [1.29, 1.82) is 0 Å². The molecule has 0 radical (unpaired) electrons. The van der Waals surface area contributed by atoms with Crippen LogP contribution in [0.25, 0.3) is 0 Å². The summed E-state index contributed by atoms with van der Waals surface area (Å²) in [6.07, 6.45) is 7.28. The molecule has 0 heterocycles. The minimum Gasteiger partial charge on any atom is -0.317 e. The van der Waals surface area contributed by atoms with Crippen molar-refractivity contribution in [3.63, 3.8) is 0 Å². The Hall–Kier alpha value is -0.410. The second-order valence-corrected chi connectivity index (χ2v) is 5.63. The van der Waals surface area contributed by atoms with Gasteiger partial charge in [0.2, 0.25) is 0 Å². The summed E-state index contributed by atoms with van der Waals surface area (Å²) >= 11 is 3.43. The van der Waals surface area contributed by atoms with E-state index < -0.39 is 0 Å². The Morgan fingerprint density at radius 3 is 2.67 bits per heavy atom. The van der Waals surface area contributed by atoms with Crippen molar-refractivity contribution < 1.29 is 4.39 Å². The lowest BCUT2D eigenvalue weighted by molar-refractivity contribution is 0.484. The number of benzene rings is 1. The van der Waals surface area contributed by atoms with Crippen LogP contribution in [0.5, 0.6) is 0 Å². The van der Waals surface area contributed by atoms with Gasteiger partial charge in [-0.15, -0.1) is 0 Å². The van der Waals surface area contributed by atoms with Gasteiger partial charge in [-0.3, -0.25) is 0 Å². The smallest absolute Gasteiger partial charge is 0.124 e. The molecule has 0 spiro atoms. The molecule has 0 saturated carbocycles. The van der Waals surface area contributed by atoms with Gasteiger partial charge in [0, 0.05) is 10.5 Å². The maximum absolute atomic E-state index is 13.0. The molecule has 0 aromatic heterocycles. The lowest BCUT2D eigenvalue weighted by Gasteiger charge is -2.17. The first kappa shape index (κ1) is 15.6. The highest BCUT2D eigenvalue weighted by atomic mass is 79.9. The van der Waals surface area contributed by atoms with Crippen molar-refractivity contribution in [1.82, 2.24) is 5.32 Å². The zero-order valence-electron chi connectivity index (χ0n) is 11.3. The average Bonchev–Trinajstić information content (AvgIpc) is 2.35. The largest absolute Gasteiger partial charge is 0.317 e. The summed E-state index contributed by atoms with van der Waals surface area (Å²) in [6.45, 7) is 2.23. The average molecular weight is 316 g/mol. The molecule has 0 aliphatic heterocycles. The normalized spacial score (nSPS) is 12.7. The Morgan fingerprint density at radius 1 is 1.28 bits per heavy atom. The van der Waals surface area contributed by atoms with Gasteiger partial charge < -0.3 is 5.32 Å². The molecule has 1 unspecified atom stereocenters. The standard InChI is InChI=1S/C15H23BrFN/c1-3-4-5-6-7-14(18-2)10-12-8-9-13(17)11-15(12)16/h8-9,11,14,18H,3-7,10H2,1-2H3. The molecule has 102 valence electrons. The lowest BCUT2D eigenvalue weighted by Crippen LogP contribution is -2.27. The molecule has 1 nitrogen and oxygen atoms in total. The van der Waals surface area contributed by atoms with Crippen LogP contribution in [0.4, 0.5) is 4.39 Å². The van der Waals surface area contributed by atoms with Crippen LogP contribution in [0, 0.1) is 5.82 Å². The Labute approximate surface area is 118 Å². The van der Waals surface area contributed by atoms with Crippen LogP contribution in [0.15, 0.2) is 22.7 Å². The van der Waals surface area contributed by atoms with Gasteiger partial charge in [0.05, 0.1) is 0 Å². The fourth-order valence-electron chi connectivity index (χ4n) is 2.12. The summed E-state index contributed by atoms with van der Waals surface area (Å²) in [5.74, 6) is -0.186. The summed E-state index contributed by atoms with van der Waals surface area (Å²) in [7, 11) is 2.00. The molecule has 0 fully saturated rings. The van der Waals surface area contributed by atoms with E-state index in [-0.39, 0.29) is 5.82 Å². The fraction of sp³-hybridized carbons (Fsp3) is 0.600. The molecule has 1 aromatic carbocycles. The van der Waals surface area contributed by atoms with E-state index in [1.807, 2.05) is 13.1 Å². The summed E-state index contributed by atoms with van der Waals surface area (Å²) in [4.78, 5) is 0. The van der Waals surface area contributed by atoms with Crippen molar-refractivity contribution in [2.75, 3.05) is 7.05 Å². The minimum atomic E-state index is -0.186. The molecular formula is C15H23BrFN. The van der Waals surface area contributed by atoms with Gasteiger partial charge >= 0.3 is 0 Å². The Kier molecular flexibility index (Phi) is 7.52. The van der Waals surface area contributed by atoms with Crippen molar-refractivity contribution >= 4 is 15.9 Å². The van der Waals surface area contributed by atoms with E-state index in [0.717, 1.165) is 10.9 Å². The van der Waals surface area contributed by atoms with Crippen LogP contribution >= 0.6 is 15.9 Å². The summed E-state index contributed by atoms with van der Waals surface area (Å²) in [5.41, 5.74) is 1.17. The molecular weight excluding hydrogens is 293 g/mol. The van der Waals surface area contributed by atoms with Crippen molar-refractivity contribution in [2.45, 2.75) is 51.5 Å². The van der Waals surface area contributed by atoms with E-state index in [0.29, 0.717) is 6.04 Å². The van der Waals surface area contributed by atoms with Gasteiger partial charge in [-0.2, -0.15) is 0 Å². The van der Waals surface area contributed by atoms with Crippen LogP contribution in [-0.2, 0) is 6.42 Å². The van der Waals surface area contributed by atoms with E-state index >= 15 is 0 Å². The quantitative estimate of drug-likeness (QED) is 0.686. The molecule has 1 N–H and O–H groups in total. The van der Waals surface area contributed by atoms with Crippen molar-refractivity contribution in [3.05, 3.63) is 34.1 Å². The van der Waals surface area contributed by atoms with E-state index in [4.69, 9.17) is 0 Å². The van der Waals surface area contributed by atoms with Crippen molar-refractivity contribution in [3.8, 4) is 0 Å². The summed E-state index contributed by atoms with van der Waals surface area (Å²) in [6, 6.07) is 5.42. The van der Waals surface area contributed by atoms with Gasteiger partial charge in [-0.25, -0.2) is 4.39 Å². The second-order valence-electron chi connectivity index (χ2n) is 4.77. The number of hydrogen-bond acceptors (Lipinski definition) is 1. The lowest BCUT2D eigenvalue weighted by atomic mass is 10.00. The first-order valence-corrected chi connectivity index (χ1v) is 7.57. The number of likely N-dealkylation sites (N-methyl/N-ethyl adjacent to an activating group) is 1. The number of nitrogens with one attached hydrogen (secondary N) is 1. The third kappa shape index (κ3) is 5.49. The van der Waals surface area contributed by atoms with Crippen LogP contribution in [0.2, 0.25) is 0 Å². The molecule has 0 aliphatic carbocycles. The van der Waals surface area contributed by atoms with Crippen molar-refractivity contribution in [2.24, 2.45) is 0 Å². The van der Waals surface area contributed by atoms with Crippen LogP contribution in [-0.4, -0.2) is 13.1 Å². The summed E-state index contributed by atoms with van der Waals surface area (Å²) in [5, 5.41) is 3.35. The maximum Gasteiger partial charge on any atom is 0.124 e. The third-order valence-electron chi connectivity index (χ3n) is 3.30. The predicted molar refractivity (Wildman–Crippen MR) is 79.4 cm³/mol. The number of unbranched alkanes of at least 4 members (excludes halogenated alkanes) is 3. The highest BCUT2D eigenvalue weighted by Gasteiger charge is 2.09. The second kappa shape index (κ2) is 8.65. The number of hydrogen-bond donors (Lipinski definition) is 1. The molecule has 0 amide bonds. The van der Waals surface area contributed by atoms with E-state index in [2.05, 4.69) is 28.2 Å². The Bertz CT molecular complexity index is 354. The van der Waals surface area contributed by atoms with E-state index in [1.165, 1.54) is 43.7 Å². The Balaban J connectivity index is 2.46. The first-order valence-electron chi connectivity index (χ1n) is 6.78.